The molecule has 0 N–H and O–H groups in total. The van der Waals surface area contributed by atoms with Gasteiger partial charge in [-0.1, -0.05) is 121 Å². The quantitative estimate of drug-likeness (QED) is 0.199. The third-order valence-corrected chi connectivity index (χ3v) is 11.9. The maximum atomic E-state index is 2.40. The fourth-order valence-corrected chi connectivity index (χ4v) is 11.0. The van der Waals surface area contributed by atoms with Gasteiger partial charge in [-0.05, 0) is 68.8 Å². The Morgan fingerprint density at radius 2 is 0.405 bits per heavy atom. The van der Waals surface area contributed by atoms with Crippen molar-refractivity contribution in [3.8, 4) is 44.5 Å². The fourth-order valence-electron chi connectivity index (χ4n) is 6.44. The highest BCUT2D eigenvalue weighted by atomic mass is 32.3. The molecule has 0 atom stereocenters. The summed E-state index contributed by atoms with van der Waals surface area (Å²) in [4.78, 5) is 5.67. The van der Waals surface area contributed by atoms with Crippen molar-refractivity contribution in [2.45, 2.75) is 19.6 Å². The van der Waals surface area contributed by atoms with Crippen LogP contribution in [0.5, 0.6) is 0 Å². The van der Waals surface area contributed by atoms with Crippen LogP contribution in [0.25, 0.3) is 44.5 Å². The highest BCUT2D eigenvalue weighted by Crippen LogP contribution is 2.80. The molecule has 2 aliphatic heterocycles. The number of benzene rings is 6. The van der Waals surface area contributed by atoms with Gasteiger partial charge in [-0.3, -0.25) is 0 Å². The standard InChI is InChI=1S/C36H24S/c1-2-14-26-25(13-1)29-17-5-9-21-33(29)37(34-22-10-6-18-30(26)34)35-23-11-7-19-31(35)27-15-3-4-16-28(27)32-20-8-12-24-36(32)37/h1-24H. The van der Waals surface area contributed by atoms with Gasteiger partial charge in [0.05, 0.1) is 0 Å². The summed E-state index contributed by atoms with van der Waals surface area (Å²) in [6.45, 7) is 0. The molecular weight excluding hydrogens is 464 g/mol. The molecule has 174 valence electrons. The lowest BCUT2D eigenvalue weighted by Gasteiger charge is -2.44. The Morgan fingerprint density at radius 1 is 0.216 bits per heavy atom. The summed E-state index contributed by atoms with van der Waals surface area (Å²) < 4.78 is 0. The average molecular weight is 489 g/mol. The minimum atomic E-state index is -1.84. The minimum Gasteiger partial charge on any atom is -0.130 e. The maximum Gasteiger partial charge on any atom is 0.0102 e. The lowest BCUT2D eigenvalue weighted by atomic mass is 9.95. The summed E-state index contributed by atoms with van der Waals surface area (Å²) in [5.41, 5.74) is 10.6. The normalized spacial score (nSPS) is 14.5. The summed E-state index contributed by atoms with van der Waals surface area (Å²) in [6.07, 6.45) is 0. The van der Waals surface area contributed by atoms with Crippen LogP contribution in [0.4, 0.5) is 0 Å². The van der Waals surface area contributed by atoms with Gasteiger partial charge < -0.3 is 0 Å². The summed E-state index contributed by atoms with van der Waals surface area (Å²) in [5.74, 6) is 0. The highest BCUT2D eigenvalue weighted by Gasteiger charge is 2.43. The largest absolute Gasteiger partial charge is 0.130 e. The average Bonchev–Trinajstić information content (AvgIpc) is 3.16. The fraction of sp³-hybridized carbons (Fsp3) is 0. The second-order valence-electron chi connectivity index (χ2n) is 9.69. The second kappa shape index (κ2) is 7.83. The molecule has 6 aromatic rings. The van der Waals surface area contributed by atoms with E-state index in [2.05, 4.69) is 146 Å². The van der Waals surface area contributed by atoms with Crippen LogP contribution in [0.3, 0.4) is 0 Å². The van der Waals surface area contributed by atoms with Gasteiger partial charge in [0.15, 0.2) is 0 Å². The van der Waals surface area contributed by atoms with Crippen molar-refractivity contribution in [3.63, 3.8) is 0 Å². The van der Waals surface area contributed by atoms with Crippen LogP contribution in [-0.2, 0) is 0 Å². The molecular formula is C36H24S. The molecule has 2 heterocycles. The van der Waals surface area contributed by atoms with Gasteiger partial charge in [-0.25, -0.2) is 0 Å². The Hall–Kier alpha value is -4.33. The molecule has 0 nitrogen and oxygen atoms in total. The van der Waals surface area contributed by atoms with E-state index >= 15 is 0 Å². The van der Waals surface area contributed by atoms with Crippen LogP contribution in [0.1, 0.15) is 0 Å². The van der Waals surface area contributed by atoms with Crippen molar-refractivity contribution < 1.29 is 0 Å². The lowest BCUT2D eigenvalue weighted by Crippen LogP contribution is -2.07. The Labute approximate surface area is 219 Å². The SMILES string of the molecule is c1ccc2c(c1)-c1ccccc1S1(c3ccccc3-2)c2ccccc2-c2ccccc2-c2ccccc21. The van der Waals surface area contributed by atoms with E-state index in [0.29, 0.717) is 0 Å². The molecule has 8 rings (SSSR count). The first-order valence-corrected chi connectivity index (χ1v) is 14.4. The van der Waals surface area contributed by atoms with E-state index in [1.807, 2.05) is 0 Å². The van der Waals surface area contributed by atoms with Crippen molar-refractivity contribution >= 4 is 10.0 Å². The van der Waals surface area contributed by atoms with Crippen LogP contribution in [0.15, 0.2) is 165 Å². The second-order valence-corrected chi connectivity index (χ2v) is 12.7. The molecule has 1 heteroatoms. The van der Waals surface area contributed by atoms with E-state index < -0.39 is 10.0 Å². The third-order valence-electron chi connectivity index (χ3n) is 7.88. The number of fused-ring (bicyclic) bond motifs is 14. The zero-order valence-electron chi connectivity index (χ0n) is 20.3. The molecule has 0 aliphatic carbocycles. The van der Waals surface area contributed by atoms with E-state index in [1.165, 1.54) is 64.1 Å². The zero-order chi connectivity index (χ0) is 24.4. The predicted octanol–water partition coefficient (Wildman–Crippen LogP) is 10.3. The minimum absolute atomic E-state index is 1.31. The summed E-state index contributed by atoms with van der Waals surface area (Å²) in [5, 5.41) is 0. The topological polar surface area (TPSA) is 0 Å². The van der Waals surface area contributed by atoms with E-state index in [4.69, 9.17) is 0 Å². The molecule has 6 aromatic carbocycles. The monoisotopic (exact) mass is 488 g/mol. The number of hydrogen-bond donors (Lipinski definition) is 0. The van der Waals surface area contributed by atoms with Crippen LogP contribution < -0.4 is 0 Å². The molecule has 0 fully saturated rings. The van der Waals surface area contributed by atoms with Crippen LogP contribution in [0, 0.1) is 0 Å². The van der Waals surface area contributed by atoms with Gasteiger partial charge >= 0.3 is 0 Å². The molecule has 1 spiro atoms. The van der Waals surface area contributed by atoms with Gasteiger partial charge in [0.1, 0.15) is 0 Å². The van der Waals surface area contributed by atoms with Gasteiger partial charge in [0.25, 0.3) is 0 Å². The molecule has 37 heavy (non-hydrogen) atoms. The molecule has 0 saturated heterocycles. The van der Waals surface area contributed by atoms with Crippen LogP contribution in [0.2, 0.25) is 0 Å². The summed E-state index contributed by atoms with van der Waals surface area (Å²) in [7, 11) is -1.84. The molecule has 0 radical (unpaired) electrons. The lowest BCUT2D eigenvalue weighted by molar-refractivity contribution is 1.27. The smallest absolute Gasteiger partial charge is 0.0102 e. The van der Waals surface area contributed by atoms with Gasteiger partial charge in [0, 0.05) is 19.6 Å². The molecule has 0 saturated carbocycles. The third kappa shape index (κ3) is 2.70. The first-order valence-electron chi connectivity index (χ1n) is 12.8. The Kier molecular flexibility index (Phi) is 4.41. The van der Waals surface area contributed by atoms with E-state index in [0.717, 1.165) is 0 Å². The Morgan fingerprint density at radius 3 is 0.649 bits per heavy atom. The van der Waals surface area contributed by atoms with Crippen LogP contribution >= 0.6 is 10.0 Å². The summed E-state index contributed by atoms with van der Waals surface area (Å²) in [6, 6.07) is 54.5. The summed E-state index contributed by atoms with van der Waals surface area (Å²) >= 11 is 0. The van der Waals surface area contributed by atoms with Gasteiger partial charge in [-0.15, -0.1) is 10.0 Å². The van der Waals surface area contributed by atoms with Gasteiger partial charge in [-0.2, -0.15) is 0 Å². The predicted molar refractivity (Wildman–Crippen MR) is 155 cm³/mol. The zero-order valence-corrected chi connectivity index (χ0v) is 21.1. The maximum absolute atomic E-state index is 2.40. The van der Waals surface area contributed by atoms with E-state index in [1.54, 1.807) is 0 Å². The first kappa shape index (κ1) is 20.8. The van der Waals surface area contributed by atoms with Crippen molar-refractivity contribution in [2.24, 2.45) is 0 Å². The molecule has 0 unspecified atom stereocenters. The van der Waals surface area contributed by atoms with Crippen molar-refractivity contribution in [3.05, 3.63) is 146 Å². The molecule has 0 amide bonds. The Bertz CT molecular complexity index is 1570. The van der Waals surface area contributed by atoms with Crippen molar-refractivity contribution in [1.29, 1.82) is 0 Å². The Balaban J connectivity index is 1.69. The first-order chi connectivity index (χ1) is 18.4. The van der Waals surface area contributed by atoms with Crippen molar-refractivity contribution in [1.82, 2.24) is 0 Å². The van der Waals surface area contributed by atoms with E-state index in [-0.39, 0.29) is 0 Å². The molecule has 0 aromatic heterocycles. The number of hydrogen-bond acceptors (Lipinski definition) is 0. The van der Waals surface area contributed by atoms with Gasteiger partial charge in [0.2, 0.25) is 0 Å². The molecule has 0 bridgehead atoms. The van der Waals surface area contributed by atoms with Crippen LogP contribution in [-0.4, -0.2) is 0 Å². The number of rotatable bonds is 0. The van der Waals surface area contributed by atoms with Crippen molar-refractivity contribution in [2.75, 3.05) is 0 Å². The van der Waals surface area contributed by atoms with E-state index in [9.17, 15) is 0 Å². The highest BCUT2D eigenvalue weighted by molar-refractivity contribution is 8.34. The molecule has 2 aliphatic rings.